The van der Waals surface area contributed by atoms with E-state index < -0.39 is 0 Å². The van der Waals surface area contributed by atoms with E-state index in [2.05, 4.69) is 28.7 Å². The maximum atomic E-state index is 13.7. The van der Waals surface area contributed by atoms with Gasteiger partial charge in [0.05, 0.1) is 27.9 Å². The Balaban J connectivity index is 1.76. The SMILES string of the molecule is CCN(CC)CCN(C(=O)c1ccc2nccnc2c1)c1nc2c(OC)ccc(Cl)c2s1. The molecule has 0 fully saturated rings. The lowest BCUT2D eigenvalue weighted by Crippen LogP contribution is -2.38. The van der Waals surface area contributed by atoms with Gasteiger partial charge >= 0.3 is 0 Å². The number of rotatable bonds is 8. The van der Waals surface area contributed by atoms with Gasteiger partial charge in [-0.05, 0) is 43.4 Å². The van der Waals surface area contributed by atoms with Crippen molar-refractivity contribution in [2.24, 2.45) is 0 Å². The Morgan fingerprint density at radius 3 is 2.53 bits per heavy atom. The smallest absolute Gasteiger partial charge is 0.260 e. The highest BCUT2D eigenvalue weighted by atomic mass is 35.5. The quantitative estimate of drug-likeness (QED) is 0.366. The number of thiazole rings is 1. The van der Waals surface area contributed by atoms with Gasteiger partial charge in [-0.15, -0.1) is 0 Å². The number of likely N-dealkylation sites (N-methyl/N-ethyl adjacent to an activating group) is 1. The molecule has 0 atom stereocenters. The Hall–Kier alpha value is -2.81. The van der Waals surface area contributed by atoms with Crippen molar-refractivity contribution in [3.63, 3.8) is 0 Å². The molecule has 2 heterocycles. The highest BCUT2D eigenvalue weighted by Crippen LogP contribution is 2.39. The maximum absolute atomic E-state index is 13.7. The average Bonchev–Trinajstić information content (AvgIpc) is 3.27. The molecule has 0 bridgehead atoms. The van der Waals surface area contributed by atoms with Crippen LogP contribution in [0.3, 0.4) is 0 Å². The van der Waals surface area contributed by atoms with Gasteiger partial charge in [0, 0.05) is 31.0 Å². The van der Waals surface area contributed by atoms with E-state index >= 15 is 0 Å². The van der Waals surface area contributed by atoms with Crippen LogP contribution in [0.4, 0.5) is 5.13 Å². The molecule has 7 nitrogen and oxygen atoms in total. The van der Waals surface area contributed by atoms with Gasteiger partial charge in [-0.25, -0.2) is 4.98 Å². The summed E-state index contributed by atoms with van der Waals surface area (Å²) in [4.78, 5) is 31.0. The van der Waals surface area contributed by atoms with E-state index in [1.807, 2.05) is 6.07 Å². The van der Waals surface area contributed by atoms with Crippen LogP contribution in [0.15, 0.2) is 42.7 Å². The lowest BCUT2D eigenvalue weighted by molar-refractivity contribution is 0.0984. The molecular weight excluding hydrogens is 446 g/mol. The van der Waals surface area contributed by atoms with Gasteiger partial charge in [0.1, 0.15) is 11.3 Å². The predicted octanol–water partition coefficient (Wildman–Crippen LogP) is 4.89. The number of methoxy groups -OCH3 is 1. The van der Waals surface area contributed by atoms with Crippen LogP contribution in [0.1, 0.15) is 24.2 Å². The van der Waals surface area contributed by atoms with Crippen molar-refractivity contribution in [1.82, 2.24) is 19.9 Å². The topological polar surface area (TPSA) is 71.5 Å². The molecule has 0 aliphatic rings. The molecule has 0 saturated heterocycles. The molecule has 4 rings (SSSR count). The molecule has 9 heteroatoms. The maximum Gasteiger partial charge on any atom is 0.260 e. The van der Waals surface area contributed by atoms with E-state index in [4.69, 9.17) is 21.3 Å². The second-order valence-corrected chi connectivity index (χ2v) is 8.55. The summed E-state index contributed by atoms with van der Waals surface area (Å²) >= 11 is 7.82. The van der Waals surface area contributed by atoms with Gasteiger partial charge in [-0.1, -0.05) is 36.8 Å². The number of ether oxygens (including phenoxy) is 1. The summed E-state index contributed by atoms with van der Waals surface area (Å²) in [6, 6.07) is 8.95. The minimum atomic E-state index is -0.140. The number of hydrogen-bond donors (Lipinski definition) is 0. The van der Waals surface area contributed by atoms with E-state index in [1.165, 1.54) is 11.3 Å². The molecule has 0 radical (unpaired) electrons. The summed E-state index contributed by atoms with van der Waals surface area (Å²) in [6.07, 6.45) is 3.26. The molecule has 4 aromatic rings. The van der Waals surface area contributed by atoms with Crippen molar-refractivity contribution in [1.29, 1.82) is 0 Å². The molecule has 0 saturated carbocycles. The first-order valence-electron chi connectivity index (χ1n) is 10.4. The fourth-order valence-electron chi connectivity index (χ4n) is 3.54. The van der Waals surface area contributed by atoms with E-state index in [-0.39, 0.29) is 5.91 Å². The first kappa shape index (κ1) is 22.4. The Morgan fingerprint density at radius 1 is 1.06 bits per heavy atom. The van der Waals surface area contributed by atoms with E-state index in [1.54, 1.807) is 48.7 Å². The highest BCUT2D eigenvalue weighted by Gasteiger charge is 2.24. The molecular formula is C23H24ClN5O2S. The van der Waals surface area contributed by atoms with Gasteiger partial charge in [-0.3, -0.25) is 19.7 Å². The van der Waals surface area contributed by atoms with Crippen molar-refractivity contribution >= 4 is 55.2 Å². The Kier molecular flexibility index (Phi) is 6.83. The molecule has 0 aliphatic heterocycles. The molecule has 1 amide bonds. The number of nitrogens with zero attached hydrogens (tertiary/aromatic N) is 5. The lowest BCUT2D eigenvalue weighted by Gasteiger charge is -2.24. The average molecular weight is 470 g/mol. The fraction of sp³-hybridized carbons (Fsp3) is 0.304. The summed E-state index contributed by atoms with van der Waals surface area (Å²) in [7, 11) is 1.60. The van der Waals surface area contributed by atoms with Crippen LogP contribution < -0.4 is 9.64 Å². The largest absolute Gasteiger partial charge is 0.494 e. The molecule has 166 valence electrons. The molecule has 0 N–H and O–H groups in total. The summed E-state index contributed by atoms with van der Waals surface area (Å²) in [5, 5.41) is 1.17. The number of aromatic nitrogens is 3. The summed E-state index contributed by atoms with van der Waals surface area (Å²) in [5.41, 5.74) is 2.62. The van der Waals surface area contributed by atoms with Crippen LogP contribution in [0.5, 0.6) is 5.75 Å². The zero-order valence-corrected chi connectivity index (χ0v) is 19.8. The van der Waals surface area contributed by atoms with Crippen LogP contribution in [0, 0.1) is 0 Å². The number of benzene rings is 2. The molecule has 0 unspecified atom stereocenters. The zero-order chi connectivity index (χ0) is 22.7. The van der Waals surface area contributed by atoms with E-state index in [0.29, 0.717) is 39.0 Å². The van der Waals surface area contributed by atoms with Gasteiger partial charge in [-0.2, -0.15) is 0 Å². The molecule has 2 aromatic carbocycles. The van der Waals surface area contributed by atoms with Crippen LogP contribution in [-0.2, 0) is 0 Å². The number of hydrogen-bond acceptors (Lipinski definition) is 7. The number of halogens is 1. The Morgan fingerprint density at radius 2 is 1.81 bits per heavy atom. The standard InChI is InChI=1S/C23H24ClN5O2S/c1-4-28(5-2)12-13-29(22(30)15-6-8-17-18(14-15)26-11-10-25-17)23-27-20-19(31-3)9-7-16(24)21(20)32-23/h6-11,14H,4-5,12-13H2,1-3H3. The number of anilines is 1. The summed E-state index contributed by atoms with van der Waals surface area (Å²) < 4.78 is 6.26. The van der Waals surface area contributed by atoms with Crippen LogP contribution >= 0.6 is 22.9 Å². The minimum absolute atomic E-state index is 0.140. The van der Waals surface area contributed by atoms with Crippen molar-refractivity contribution in [3.8, 4) is 5.75 Å². The lowest BCUT2D eigenvalue weighted by atomic mass is 10.1. The van der Waals surface area contributed by atoms with E-state index in [9.17, 15) is 4.79 Å². The van der Waals surface area contributed by atoms with Crippen molar-refractivity contribution in [3.05, 3.63) is 53.3 Å². The number of amides is 1. The van der Waals surface area contributed by atoms with Gasteiger partial charge in [0.25, 0.3) is 5.91 Å². The third-order valence-corrected chi connectivity index (χ3v) is 6.93. The number of fused-ring (bicyclic) bond motifs is 2. The van der Waals surface area contributed by atoms with Crippen molar-refractivity contribution in [2.75, 3.05) is 38.2 Å². The molecule has 32 heavy (non-hydrogen) atoms. The third-order valence-electron chi connectivity index (χ3n) is 5.39. The first-order chi connectivity index (χ1) is 15.5. The van der Waals surface area contributed by atoms with Crippen molar-refractivity contribution in [2.45, 2.75) is 13.8 Å². The second kappa shape index (κ2) is 9.77. The fourth-order valence-corrected chi connectivity index (χ4v) is 4.82. The molecule has 0 spiro atoms. The second-order valence-electron chi connectivity index (χ2n) is 7.17. The monoisotopic (exact) mass is 469 g/mol. The third kappa shape index (κ3) is 4.39. The van der Waals surface area contributed by atoms with Crippen LogP contribution in [0.2, 0.25) is 5.02 Å². The normalized spacial score (nSPS) is 11.4. The van der Waals surface area contributed by atoms with Crippen molar-refractivity contribution < 1.29 is 9.53 Å². The predicted molar refractivity (Wildman–Crippen MR) is 130 cm³/mol. The Bertz CT molecular complexity index is 1260. The number of carbonyl (C=O) groups excluding carboxylic acids is 1. The van der Waals surface area contributed by atoms with Crippen LogP contribution in [-0.4, -0.2) is 59.0 Å². The van der Waals surface area contributed by atoms with E-state index in [0.717, 1.165) is 29.9 Å². The number of carbonyl (C=O) groups is 1. The highest BCUT2D eigenvalue weighted by molar-refractivity contribution is 7.23. The first-order valence-corrected chi connectivity index (χ1v) is 11.6. The van der Waals surface area contributed by atoms with Gasteiger partial charge < -0.3 is 9.64 Å². The molecule has 0 aliphatic carbocycles. The van der Waals surface area contributed by atoms with Crippen LogP contribution in [0.25, 0.3) is 21.3 Å². The summed E-state index contributed by atoms with van der Waals surface area (Å²) in [5.74, 6) is 0.489. The van der Waals surface area contributed by atoms with Gasteiger partial charge in [0.15, 0.2) is 5.13 Å². The van der Waals surface area contributed by atoms with Gasteiger partial charge in [0.2, 0.25) is 0 Å². The zero-order valence-electron chi connectivity index (χ0n) is 18.2. The Labute approximate surface area is 195 Å². The minimum Gasteiger partial charge on any atom is -0.494 e. The molecule has 2 aromatic heterocycles. The summed E-state index contributed by atoms with van der Waals surface area (Å²) in [6.45, 7) is 7.26.